The van der Waals surface area contributed by atoms with Gasteiger partial charge in [0, 0.05) is 6.04 Å². The lowest BCUT2D eigenvalue weighted by atomic mass is 9.95. The number of likely N-dealkylation sites (tertiary alicyclic amines) is 1. The van der Waals surface area contributed by atoms with E-state index in [1.54, 1.807) is 0 Å². The molecule has 0 saturated carbocycles. The van der Waals surface area contributed by atoms with E-state index < -0.39 is 12.0 Å². The number of carboxylic acids is 1. The number of nitrogens with one attached hydrogen (secondary N) is 1. The fourth-order valence-corrected chi connectivity index (χ4v) is 2.39. The number of aliphatic carboxylic acids is 1. The van der Waals surface area contributed by atoms with E-state index in [-0.39, 0.29) is 6.04 Å². The Morgan fingerprint density at radius 2 is 2.27 bits per heavy atom. The number of carboxylic acid groups (broad SMARTS) is 1. The van der Waals surface area contributed by atoms with Crippen molar-refractivity contribution in [1.82, 2.24) is 10.2 Å². The Labute approximate surface area is 91.6 Å². The van der Waals surface area contributed by atoms with E-state index in [0.29, 0.717) is 6.54 Å². The zero-order valence-corrected chi connectivity index (χ0v) is 9.70. The molecule has 1 aliphatic rings. The molecule has 0 aromatic carbocycles. The highest BCUT2D eigenvalue weighted by atomic mass is 16.4. The molecule has 0 aromatic heterocycles. The van der Waals surface area contributed by atoms with Gasteiger partial charge in [0.2, 0.25) is 0 Å². The first-order valence-corrected chi connectivity index (χ1v) is 5.91. The maximum absolute atomic E-state index is 11.2. The smallest absolute Gasteiger partial charge is 0.322 e. The highest BCUT2D eigenvalue weighted by molar-refractivity contribution is 5.74. The van der Waals surface area contributed by atoms with Gasteiger partial charge in [0.05, 0.1) is 0 Å². The van der Waals surface area contributed by atoms with Crippen molar-refractivity contribution in [3.8, 4) is 0 Å². The summed E-state index contributed by atoms with van der Waals surface area (Å²) in [5, 5.41) is 12.3. The van der Waals surface area contributed by atoms with Gasteiger partial charge >= 0.3 is 5.97 Å². The average Bonchev–Trinajstić information content (AvgIpc) is 2.25. The topological polar surface area (TPSA) is 52.6 Å². The molecule has 1 aliphatic heterocycles. The zero-order chi connectivity index (χ0) is 11.3. The Balaban J connectivity index is 2.65. The zero-order valence-electron chi connectivity index (χ0n) is 9.70. The third-order valence-corrected chi connectivity index (χ3v) is 3.15. The minimum atomic E-state index is -0.720. The van der Waals surface area contributed by atoms with Crippen LogP contribution < -0.4 is 5.32 Å². The highest BCUT2D eigenvalue weighted by Gasteiger charge is 2.32. The second-order valence-electron chi connectivity index (χ2n) is 4.07. The van der Waals surface area contributed by atoms with Crippen molar-refractivity contribution in [3.05, 3.63) is 0 Å². The van der Waals surface area contributed by atoms with Crippen molar-refractivity contribution in [2.24, 2.45) is 0 Å². The first-order chi connectivity index (χ1) is 7.20. The molecule has 88 valence electrons. The summed E-state index contributed by atoms with van der Waals surface area (Å²) < 4.78 is 0. The van der Waals surface area contributed by atoms with Crippen LogP contribution >= 0.6 is 0 Å². The average molecular weight is 214 g/mol. The van der Waals surface area contributed by atoms with Crippen molar-refractivity contribution in [2.75, 3.05) is 19.6 Å². The summed E-state index contributed by atoms with van der Waals surface area (Å²) in [6.07, 6.45) is 3.34. The predicted octanol–water partition coefficient (Wildman–Crippen LogP) is 0.923. The van der Waals surface area contributed by atoms with Gasteiger partial charge in [-0.1, -0.05) is 20.3 Å². The van der Waals surface area contributed by atoms with E-state index in [0.717, 1.165) is 25.9 Å². The minimum absolute atomic E-state index is 0.168. The molecule has 1 fully saturated rings. The van der Waals surface area contributed by atoms with E-state index in [9.17, 15) is 9.90 Å². The molecule has 4 heteroatoms. The predicted molar refractivity (Wildman–Crippen MR) is 60.0 cm³/mol. The van der Waals surface area contributed by atoms with Gasteiger partial charge in [-0.2, -0.15) is 0 Å². The Morgan fingerprint density at radius 3 is 2.80 bits per heavy atom. The summed E-state index contributed by atoms with van der Waals surface area (Å²) in [6.45, 7) is 6.75. The number of hydrogen-bond donors (Lipinski definition) is 2. The molecular weight excluding hydrogens is 192 g/mol. The normalized spacial score (nSPS) is 25.1. The van der Waals surface area contributed by atoms with Crippen LogP contribution in [0.5, 0.6) is 0 Å². The molecular formula is C11H22N2O2. The van der Waals surface area contributed by atoms with E-state index in [2.05, 4.69) is 17.1 Å². The van der Waals surface area contributed by atoms with Gasteiger partial charge in [-0.3, -0.25) is 9.69 Å². The molecule has 0 radical (unpaired) electrons. The third kappa shape index (κ3) is 3.18. The van der Waals surface area contributed by atoms with Crippen molar-refractivity contribution in [3.63, 3.8) is 0 Å². The SMILES string of the molecule is CCNC(C(=O)O)C1CCCCN1CC. The van der Waals surface area contributed by atoms with Crippen LogP contribution in [-0.4, -0.2) is 47.7 Å². The standard InChI is InChI=1S/C11H22N2O2/c1-3-12-10(11(14)15)9-7-5-6-8-13(9)4-2/h9-10,12H,3-8H2,1-2H3,(H,14,15). The second kappa shape index (κ2) is 6.08. The molecule has 0 aliphatic carbocycles. The van der Waals surface area contributed by atoms with Crippen LogP contribution in [0.4, 0.5) is 0 Å². The fraction of sp³-hybridized carbons (Fsp3) is 0.909. The monoisotopic (exact) mass is 214 g/mol. The number of carbonyl (C=O) groups is 1. The lowest BCUT2D eigenvalue weighted by Gasteiger charge is -2.38. The fourth-order valence-electron chi connectivity index (χ4n) is 2.39. The molecule has 0 aromatic rings. The van der Waals surface area contributed by atoms with E-state index in [1.807, 2.05) is 6.92 Å². The molecule has 0 bridgehead atoms. The number of hydrogen-bond acceptors (Lipinski definition) is 3. The summed E-state index contributed by atoms with van der Waals surface area (Å²) in [7, 11) is 0. The van der Waals surface area contributed by atoms with Gasteiger partial charge < -0.3 is 10.4 Å². The molecule has 4 nitrogen and oxygen atoms in total. The van der Waals surface area contributed by atoms with Crippen LogP contribution in [0.15, 0.2) is 0 Å². The summed E-state index contributed by atoms with van der Waals surface area (Å²) in [6, 6.07) is -0.239. The van der Waals surface area contributed by atoms with Crippen LogP contribution in [0.3, 0.4) is 0 Å². The van der Waals surface area contributed by atoms with E-state index >= 15 is 0 Å². The highest BCUT2D eigenvalue weighted by Crippen LogP contribution is 2.19. The lowest BCUT2D eigenvalue weighted by molar-refractivity contribution is -0.141. The summed E-state index contributed by atoms with van der Waals surface area (Å²) in [5.74, 6) is -0.720. The lowest BCUT2D eigenvalue weighted by Crippen LogP contribution is -2.55. The number of piperidine rings is 1. The molecule has 1 heterocycles. The van der Waals surface area contributed by atoms with Gasteiger partial charge in [0.25, 0.3) is 0 Å². The van der Waals surface area contributed by atoms with Crippen molar-refractivity contribution < 1.29 is 9.90 Å². The van der Waals surface area contributed by atoms with Gasteiger partial charge in [-0.25, -0.2) is 0 Å². The molecule has 0 amide bonds. The minimum Gasteiger partial charge on any atom is -0.480 e. The first-order valence-electron chi connectivity index (χ1n) is 5.91. The molecule has 0 spiro atoms. The van der Waals surface area contributed by atoms with Gasteiger partial charge in [0.1, 0.15) is 6.04 Å². The van der Waals surface area contributed by atoms with Crippen LogP contribution in [-0.2, 0) is 4.79 Å². The Bertz CT molecular complexity index is 209. The number of likely N-dealkylation sites (N-methyl/N-ethyl adjacent to an activating group) is 2. The second-order valence-corrected chi connectivity index (χ2v) is 4.07. The molecule has 1 rings (SSSR count). The molecule has 2 atom stereocenters. The summed E-state index contributed by atoms with van der Waals surface area (Å²) in [4.78, 5) is 13.4. The first kappa shape index (κ1) is 12.5. The maximum atomic E-state index is 11.2. The van der Waals surface area contributed by atoms with Crippen molar-refractivity contribution in [2.45, 2.75) is 45.2 Å². The quantitative estimate of drug-likeness (QED) is 0.714. The van der Waals surface area contributed by atoms with Gasteiger partial charge in [0.15, 0.2) is 0 Å². The number of rotatable bonds is 5. The Kier molecular flexibility index (Phi) is 5.05. The summed E-state index contributed by atoms with van der Waals surface area (Å²) >= 11 is 0. The molecule has 2 unspecified atom stereocenters. The van der Waals surface area contributed by atoms with Crippen LogP contribution in [0, 0.1) is 0 Å². The van der Waals surface area contributed by atoms with Gasteiger partial charge in [-0.05, 0) is 32.5 Å². The van der Waals surface area contributed by atoms with E-state index in [4.69, 9.17) is 0 Å². The van der Waals surface area contributed by atoms with Crippen molar-refractivity contribution >= 4 is 5.97 Å². The van der Waals surface area contributed by atoms with E-state index in [1.165, 1.54) is 6.42 Å². The maximum Gasteiger partial charge on any atom is 0.322 e. The van der Waals surface area contributed by atoms with Crippen LogP contribution in [0.2, 0.25) is 0 Å². The largest absolute Gasteiger partial charge is 0.480 e. The summed E-state index contributed by atoms with van der Waals surface area (Å²) in [5.41, 5.74) is 0. The molecule has 1 saturated heterocycles. The third-order valence-electron chi connectivity index (χ3n) is 3.15. The van der Waals surface area contributed by atoms with Crippen LogP contribution in [0.1, 0.15) is 33.1 Å². The Morgan fingerprint density at radius 1 is 1.53 bits per heavy atom. The molecule has 15 heavy (non-hydrogen) atoms. The van der Waals surface area contributed by atoms with Crippen LogP contribution in [0.25, 0.3) is 0 Å². The Hall–Kier alpha value is -0.610. The number of nitrogens with zero attached hydrogens (tertiary/aromatic N) is 1. The van der Waals surface area contributed by atoms with Crippen molar-refractivity contribution in [1.29, 1.82) is 0 Å². The molecule has 2 N–H and O–H groups in total. The van der Waals surface area contributed by atoms with Gasteiger partial charge in [-0.15, -0.1) is 0 Å².